The third-order valence-corrected chi connectivity index (χ3v) is 6.96. The predicted molar refractivity (Wildman–Crippen MR) is 110 cm³/mol. The number of pyridine rings is 1. The highest BCUT2D eigenvalue weighted by Gasteiger charge is 2.71. The van der Waals surface area contributed by atoms with Crippen LogP contribution in [0.4, 0.5) is 13.2 Å². The first-order valence-electron chi connectivity index (χ1n) is 8.83. The molecule has 5 nitrogen and oxygen atoms in total. The van der Waals surface area contributed by atoms with Gasteiger partial charge in [0.1, 0.15) is 10.6 Å². The Balaban J connectivity index is 1.79. The van der Waals surface area contributed by atoms with Crippen molar-refractivity contribution < 1.29 is 23.1 Å². The Bertz CT molecular complexity index is 1130. The van der Waals surface area contributed by atoms with E-state index in [1.54, 1.807) is 0 Å². The Labute approximate surface area is 178 Å². The molecular formula is C20H15ClF3N3O2S. The van der Waals surface area contributed by atoms with Gasteiger partial charge in [-0.15, -0.1) is 0 Å². The van der Waals surface area contributed by atoms with E-state index >= 15 is 0 Å². The summed E-state index contributed by atoms with van der Waals surface area (Å²) in [6.07, 6.45) is 2.48. The lowest BCUT2D eigenvalue weighted by atomic mass is 9.84. The molecule has 10 heteroatoms. The van der Waals surface area contributed by atoms with Gasteiger partial charge in [0.15, 0.2) is 16.8 Å². The molecule has 1 aliphatic carbocycles. The molecule has 3 unspecified atom stereocenters. The van der Waals surface area contributed by atoms with Crippen LogP contribution in [0, 0.1) is 17.6 Å². The van der Waals surface area contributed by atoms with Crippen molar-refractivity contribution in [2.75, 3.05) is 0 Å². The summed E-state index contributed by atoms with van der Waals surface area (Å²) in [7, 11) is 0. The maximum absolute atomic E-state index is 14.8. The van der Waals surface area contributed by atoms with Crippen molar-refractivity contribution in [1.29, 1.82) is 0 Å². The van der Waals surface area contributed by atoms with Gasteiger partial charge in [-0.3, -0.25) is 14.8 Å². The number of nitrogens with zero attached hydrogens (tertiary/aromatic N) is 2. The fraction of sp³-hybridized carbons (Fsp3) is 0.250. The molecule has 1 aromatic carbocycles. The topological polar surface area (TPSA) is 88.6 Å². The molecule has 0 bridgehead atoms. The van der Waals surface area contributed by atoms with Gasteiger partial charge in [-0.1, -0.05) is 23.4 Å². The number of hydrogen-bond acceptors (Lipinski definition) is 5. The zero-order valence-corrected chi connectivity index (χ0v) is 17.1. The van der Waals surface area contributed by atoms with Crippen LogP contribution in [0.3, 0.4) is 0 Å². The molecular weight excluding hydrogens is 439 g/mol. The van der Waals surface area contributed by atoms with Gasteiger partial charge in [-0.2, -0.15) is 0 Å². The summed E-state index contributed by atoms with van der Waals surface area (Å²) >= 11 is 6.65. The Kier molecular flexibility index (Phi) is 4.85. The molecule has 0 spiro atoms. The van der Waals surface area contributed by atoms with Gasteiger partial charge in [0.25, 0.3) is 0 Å². The van der Waals surface area contributed by atoms with Crippen LogP contribution < -0.4 is 5.73 Å². The lowest BCUT2D eigenvalue weighted by Crippen LogP contribution is -2.39. The smallest absolute Gasteiger partial charge is 0.320 e. The lowest BCUT2D eigenvalue weighted by molar-refractivity contribution is -0.137. The van der Waals surface area contributed by atoms with Gasteiger partial charge in [-0.25, -0.2) is 13.2 Å². The van der Waals surface area contributed by atoms with E-state index in [4.69, 9.17) is 17.3 Å². The van der Waals surface area contributed by atoms with Crippen LogP contribution in [-0.2, 0) is 10.3 Å². The monoisotopic (exact) mass is 453 g/mol. The fourth-order valence-electron chi connectivity index (χ4n) is 3.85. The zero-order chi connectivity index (χ0) is 21.8. The van der Waals surface area contributed by atoms with E-state index in [0.717, 1.165) is 23.9 Å². The Hall–Kier alpha value is -2.52. The molecule has 3 atom stereocenters. The van der Waals surface area contributed by atoms with Crippen LogP contribution in [0.5, 0.6) is 0 Å². The van der Waals surface area contributed by atoms with Crippen molar-refractivity contribution >= 4 is 46.4 Å². The van der Waals surface area contributed by atoms with Crippen molar-refractivity contribution in [2.45, 2.75) is 23.6 Å². The van der Waals surface area contributed by atoms with E-state index in [2.05, 4.69) is 9.98 Å². The van der Waals surface area contributed by atoms with E-state index in [-0.39, 0.29) is 28.4 Å². The number of benzene rings is 1. The number of hydrogen-bond donors (Lipinski definition) is 2. The van der Waals surface area contributed by atoms with Crippen LogP contribution in [-0.4, -0.2) is 26.0 Å². The van der Waals surface area contributed by atoms with Crippen molar-refractivity contribution in [3.8, 4) is 0 Å². The van der Waals surface area contributed by atoms with E-state index in [9.17, 15) is 23.1 Å². The van der Waals surface area contributed by atoms with E-state index in [1.165, 1.54) is 31.3 Å². The minimum Gasteiger partial charge on any atom is -0.480 e. The minimum absolute atomic E-state index is 0.0223. The van der Waals surface area contributed by atoms with Crippen LogP contribution in [0.1, 0.15) is 30.2 Å². The lowest BCUT2D eigenvalue weighted by Gasteiger charge is -2.33. The maximum atomic E-state index is 14.8. The number of carbonyl (C=O) groups is 1. The quantitative estimate of drug-likeness (QED) is 0.706. The summed E-state index contributed by atoms with van der Waals surface area (Å²) in [5.74, 6) is -4.82. The first-order chi connectivity index (χ1) is 14.1. The van der Waals surface area contributed by atoms with Crippen molar-refractivity contribution in [3.05, 3.63) is 63.9 Å². The van der Waals surface area contributed by atoms with Gasteiger partial charge >= 0.3 is 5.97 Å². The van der Waals surface area contributed by atoms with Crippen molar-refractivity contribution in [2.24, 2.45) is 16.6 Å². The number of fused-ring (bicyclic) bond motifs is 1. The molecule has 0 radical (unpaired) electrons. The van der Waals surface area contributed by atoms with Crippen LogP contribution >= 0.6 is 23.4 Å². The standard InChI is InChI=1S/C20H15ClF3N3O2S/c1-19(15-7-20(15,17(28)29)30-18(25)27-19)11-4-9(6-13(23)16(11)24)5-12(22)14-3-2-10(21)8-26-14/h2-6,8,15H,7H2,1H3,(H2,25,27)(H,28,29)/b12-5-. The highest BCUT2D eigenvalue weighted by molar-refractivity contribution is 8.15. The highest BCUT2D eigenvalue weighted by Crippen LogP contribution is 2.66. The van der Waals surface area contributed by atoms with Crippen LogP contribution in [0.2, 0.25) is 5.02 Å². The number of aromatic nitrogens is 1. The average molecular weight is 454 g/mol. The minimum atomic E-state index is -1.41. The molecule has 2 heterocycles. The number of aliphatic carboxylic acids is 1. The van der Waals surface area contributed by atoms with Gasteiger partial charge in [0, 0.05) is 17.7 Å². The maximum Gasteiger partial charge on any atom is 0.320 e. The number of nitrogens with two attached hydrogens (primary N) is 1. The molecule has 156 valence electrons. The third-order valence-electron chi connectivity index (χ3n) is 5.44. The largest absolute Gasteiger partial charge is 0.480 e. The molecule has 0 saturated heterocycles. The number of rotatable bonds is 4. The molecule has 1 saturated carbocycles. The summed E-state index contributed by atoms with van der Waals surface area (Å²) in [5.41, 5.74) is 4.25. The van der Waals surface area contributed by atoms with Gasteiger partial charge in [-0.05, 0) is 49.2 Å². The molecule has 2 aliphatic rings. The predicted octanol–water partition coefficient (Wildman–Crippen LogP) is 4.60. The van der Waals surface area contributed by atoms with E-state index in [1.807, 2.05) is 0 Å². The van der Waals surface area contributed by atoms with E-state index < -0.39 is 39.6 Å². The first kappa shape index (κ1) is 20.7. The first-order valence-corrected chi connectivity index (χ1v) is 10.0. The number of thioether (sulfide) groups is 1. The number of halogens is 4. The number of carboxylic acids is 1. The molecule has 3 N–H and O–H groups in total. The second-order valence-corrected chi connectivity index (χ2v) is 9.16. The third kappa shape index (κ3) is 3.26. The summed E-state index contributed by atoms with van der Waals surface area (Å²) in [6, 6.07) is 4.90. The van der Waals surface area contributed by atoms with Crippen LogP contribution in [0.25, 0.3) is 11.9 Å². The second kappa shape index (κ2) is 7.02. The molecule has 1 fully saturated rings. The second-order valence-electron chi connectivity index (χ2n) is 7.37. The molecule has 0 amide bonds. The normalized spacial score (nSPS) is 28.0. The number of carboxylic acid groups (broad SMARTS) is 1. The molecule has 1 aliphatic heterocycles. The SMILES string of the molecule is CC1(c2cc(/C=C(\F)c3ccc(Cl)cn3)cc(F)c2F)N=C(N)SC2(C(=O)O)CC21. The summed E-state index contributed by atoms with van der Waals surface area (Å²) in [5, 5.41) is 9.91. The fourth-order valence-corrected chi connectivity index (χ4v) is 5.28. The summed E-state index contributed by atoms with van der Waals surface area (Å²) in [4.78, 5) is 19.9. The number of aliphatic imine (C=N–C) groups is 1. The molecule has 1 aromatic heterocycles. The Morgan fingerprint density at radius 3 is 2.77 bits per heavy atom. The van der Waals surface area contributed by atoms with E-state index in [0.29, 0.717) is 5.02 Å². The molecule has 4 rings (SSSR count). The molecule has 30 heavy (non-hydrogen) atoms. The van der Waals surface area contributed by atoms with Gasteiger partial charge < -0.3 is 10.8 Å². The van der Waals surface area contributed by atoms with Crippen molar-refractivity contribution in [3.63, 3.8) is 0 Å². The highest BCUT2D eigenvalue weighted by atomic mass is 35.5. The zero-order valence-electron chi connectivity index (χ0n) is 15.5. The number of amidine groups is 1. The van der Waals surface area contributed by atoms with Gasteiger partial charge in [0.2, 0.25) is 0 Å². The Morgan fingerprint density at radius 1 is 1.40 bits per heavy atom. The van der Waals surface area contributed by atoms with Crippen LogP contribution in [0.15, 0.2) is 35.5 Å². The summed E-state index contributed by atoms with van der Waals surface area (Å²) < 4.78 is 42.5. The summed E-state index contributed by atoms with van der Waals surface area (Å²) in [6.45, 7) is 1.51. The average Bonchev–Trinajstić information content (AvgIpc) is 3.42. The Morgan fingerprint density at radius 2 is 2.13 bits per heavy atom. The van der Waals surface area contributed by atoms with Crippen molar-refractivity contribution in [1.82, 2.24) is 4.98 Å². The van der Waals surface area contributed by atoms with Gasteiger partial charge in [0.05, 0.1) is 16.3 Å². The molecule has 2 aromatic rings.